The second kappa shape index (κ2) is 5.84. The summed E-state index contributed by atoms with van der Waals surface area (Å²) in [5, 5.41) is 8.86. The third-order valence-electron chi connectivity index (χ3n) is 3.31. The molecule has 0 aromatic carbocycles. The third kappa shape index (κ3) is 3.31. The Bertz CT molecular complexity index is 459. The van der Waals surface area contributed by atoms with Gasteiger partial charge in [-0.3, -0.25) is 4.90 Å². The summed E-state index contributed by atoms with van der Waals surface area (Å²) in [7, 11) is 0. The van der Waals surface area contributed by atoms with Crippen LogP contribution in [0.25, 0.3) is 0 Å². The number of hydrogen-bond donors (Lipinski definition) is 2. The molecular formula is C12H17F3N4O. The molecule has 0 atom stereocenters. The van der Waals surface area contributed by atoms with Gasteiger partial charge in [0.25, 0.3) is 0 Å². The summed E-state index contributed by atoms with van der Waals surface area (Å²) in [6.45, 7) is 3.40. The summed E-state index contributed by atoms with van der Waals surface area (Å²) < 4.78 is 37.6. The van der Waals surface area contributed by atoms with Gasteiger partial charge in [0.15, 0.2) is 5.82 Å². The number of nitrogens with zero attached hydrogens (tertiary/aromatic N) is 3. The topological polar surface area (TPSA) is 65.6 Å². The molecule has 0 bridgehead atoms. The van der Waals surface area contributed by atoms with Crippen molar-refractivity contribution in [2.45, 2.75) is 6.18 Å². The number of nitrogen functional groups attached to an aromatic ring is 1. The van der Waals surface area contributed by atoms with Crippen molar-refractivity contribution in [3.8, 4) is 0 Å². The van der Waals surface area contributed by atoms with E-state index in [4.69, 9.17) is 10.8 Å². The number of hydrogen-bond acceptors (Lipinski definition) is 5. The zero-order valence-corrected chi connectivity index (χ0v) is 10.9. The van der Waals surface area contributed by atoms with Gasteiger partial charge in [0.05, 0.1) is 17.9 Å². The van der Waals surface area contributed by atoms with Crippen LogP contribution in [0.4, 0.5) is 24.7 Å². The van der Waals surface area contributed by atoms with Crippen LogP contribution in [0.5, 0.6) is 0 Å². The summed E-state index contributed by atoms with van der Waals surface area (Å²) in [6, 6.07) is 0.919. The molecule has 1 aromatic heterocycles. The van der Waals surface area contributed by atoms with E-state index in [2.05, 4.69) is 9.88 Å². The monoisotopic (exact) mass is 290 g/mol. The van der Waals surface area contributed by atoms with Crippen LogP contribution in [0, 0.1) is 0 Å². The maximum absolute atomic E-state index is 12.5. The van der Waals surface area contributed by atoms with Crippen molar-refractivity contribution < 1.29 is 18.3 Å². The average molecular weight is 290 g/mol. The highest BCUT2D eigenvalue weighted by Gasteiger charge is 2.32. The Hall–Kier alpha value is -1.54. The van der Waals surface area contributed by atoms with Crippen molar-refractivity contribution in [3.05, 3.63) is 17.8 Å². The molecule has 112 valence electrons. The third-order valence-corrected chi connectivity index (χ3v) is 3.31. The molecule has 20 heavy (non-hydrogen) atoms. The molecule has 0 amide bonds. The maximum Gasteiger partial charge on any atom is 0.417 e. The molecule has 2 heterocycles. The number of alkyl halides is 3. The van der Waals surface area contributed by atoms with Gasteiger partial charge in [0.1, 0.15) is 0 Å². The second-order valence-electron chi connectivity index (χ2n) is 4.69. The van der Waals surface area contributed by atoms with Crippen molar-refractivity contribution in [1.82, 2.24) is 9.88 Å². The number of pyridine rings is 1. The molecule has 1 aliphatic rings. The van der Waals surface area contributed by atoms with Gasteiger partial charge in [-0.1, -0.05) is 0 Å². The first-order valence-electron chi connectivity index (χ1n) is 6.32. The van der Waals surface area contributed by atoms with Crippen LogP contribution in [0.3, 0.4) is 0 Å². The Labute approximate surface area is 114 Å². The Morgan fingerprint density at radius 1 is 1.25 bits per heavy atom. The first kappa shape index (κ1) is 14.9. The largest absolute Gasteiger partial charge is 0.417 e. The highest BCUT2D eigenvalue weighted by molar-refractivity contribution is 5.63. The number of aliphatic hydroxyl groups excluding tert-OH is 1. The van der Waals surface area contributed by atoms with Gasteiger partial charge in [-0.05, 0) is 6.07 Å². The first-order valence-corrected chi connectivity index (χ1v) is 6.32. The lowest BCUT2D eigenvalue weighted by atomic mass is 10.2. The summed E-state index contributed by atoms with van der Waals surface area (Å²) in [6.07, 6.45) is -3.62. The lowest BCUT2D eigenvalue weighted by molar-refractivity contribution is -0.137. The van der Waals surface area contributed by atoms with Crippen LogP contribution in [-0.4, -0.2) is 54.3 Å². The molecule has 1 aromatic rings. The number of aliphatic hydroxyl groups is 1. The minimum absolute atomic E-state index is 0.0374. The van der Waals surface area contributed by atoms with Crippen molar-refractivity contribution in [1.29, 1.82) is 0 Å². The van der Waals surface area contributed by atoms with Crippen molar-refractivity contribution >= 4 is 11.5 Å². The SMILES string of the molecule is Nc1cc(C(F)(F)F)cnc1N1CCN(CCO)CC1. The molecule has 1 fully saturated rings. The van der Waals surface area contributed by atoms with Gasteiger partial charge < -0.3 is 15.7 Å². The number of β-amino-alcohol motifs (C(OH)–C–C–N with tert-alkyl or cyclic N) is 1. The Kier molecular flexibility index (Phi) is 4.34. The standard InChI is InChI=1S/C12H17F3N4O/c13-12(14,15)9-7-10(16)11(17-8-9)19-3-1-18(2-4-19)5-6-20/h7-8,20H,1-6,16H2. The highest BCUT2D eigenvalue weighted by atomic mass is 19.4. The Balaban J connectivity index is 2.07. The number of nitrogens with two attached hydrogens (primary N) is 1. The fourth-order valence-electron chi connectivity index (χ4n) is 2.22. The molecule has 0 aliphatic carbocycles. The van der Waals surface area contributed by atoms with Crippen LogP contribution >= 0.6 is 0 Å². The van der Waals surface area contributed by atoms with E-state index in [1.807, 2.05) is 4.90 Å². The number of halogens is 3. The minimum atomic E-state index is -4.43. The molecule has 0 unspecified atom stereocenters. The van der Waals surface area contributed by atoms with E-state index in [1.54, 1.807) is 0 Å². The zero-order valence-electron chi connectivity index (χ0n) is 10.9. The van der Waals surface area contributed by atoms with Crippen molar-refractivity contribution in [2.24, 2.45) is 0 Å². The summed E-state index contributed by atoms with van der Waals surface area (Å²) in [5.41, 5.74) is 4.89. The van der Waals surface area contributed by atoms with Gasteiger partial charge >= 0.3 is 6.18 Å². The Morgan fingerprint density at radius 2 is 1.90 bits per heavy atom. The lowest BCUT2D eigenvalue weighted by Crippen LogP contribution is -2.47. The molecule has 2 rings (SSSR count). The predicted molar refractivity (Wildman–Crippen MR) is 69.4 cm³/mol. The molecule has 0 spiro atoms. The van der Waals surface area contributed by atoms with Crippen molar-refractivity contribution in [2.75, 3.05) is 50.0 Å². The fourth-order valence-corrected chi connectivity index (χ4v) is 2.22. The van der Waals surface area contributed by atoms with Gasteiger partial charge in [-0.15, -0.1) is 0 Å². The van der Waals surface area contributed by atoms with Gasteiger partial charge in [-0.2, -0.15) is 13.2 Å². The lowest BCUT2D eigenvalue weighted by Gasteiger charge is -2.35. The zero-order chi connectivity index (χ0) is 14.8. The quantitative estimate of drug-likeness (QED) is 0.862. The normalized spacial score (nSPS) is 17.5. The predicted octanol–water partition coefficient (Wildman–Crippen LogP) is 0.797. The van der Waals surface area contributed by atoms with Crippen LogP contribution in [0.2, 0.25) is 0 Å². The molecule has 0 saturated carbocycles. The van der Waals surface area contributed by atoms with E-state index in [0.29, 0.717) is 25.5 Å². The summed E-state index contributed by atoms with van der Waals surface area (Å²) in [4.78, 5) is 7.80. The number of aromatic nitrogens is 1. The smallest absolute Gasteiger partial charge is 0.396 e. The van der Waals surface area contributed by atoms with Crippen LogP contribution in [0.15, 0.2) is 12.3 Å². The summed E-state index contributed by atoms with van der Waals surface area (Å²) >= 11 is 0. The molecule has 3 N–H and O–H groups in total. The second-order valence-corrected chi connectivity index (χ2v) is 4.69. The fraction of sp³-hybridized carbons (Fsp3) is 0.583. The first-order chi connectivity index (χ1) is 9.41. The number of anilines is 2. The van der Waals surface area contributed by atoms with E-state index in [9.17, 15) is 13.2 Å². The van der Waals surface area contributed by atoms with Gasteiger partial charge in [-0.25, -0.2) is 4.98 Å². The highest BCUT2D eigenvalue weighted by Crippen LogP contribution is 2.32. The molecule has 8 heteroatoms. The number of rotatable bonds is 3. The van der Waals surface area contributed by atoms with E-state index in [1.165, 1.54) is 0 Å². The molecule has 1 aliphatic heterocycles. The maximum atomic E-state index is 12.5. The molecule has 5 nitrogen and oxygen atoms in total. The molecule has 1 saturated heterocycles. The molecule has 0 radical (unpaired) electrons. The minimum Gasteiger partial charge on any atom is -0.396 e. The van der Waals surface area contributed by atoms with Crippen LogP contribution in [-0.2, 0) is 6.18 Å². The van der Waals surface area contributed by atoms with E-state index in [0.717, 1.165) is 25.4 Å². The van der Waals surface area contributed by atoms with Crippen LogP contribution in [0.1, 0.15) is 5.56 Å². The summed E-state index contributed by atoms with van der Waals surface area (Å²) in [5.74, 6) is 0.390. The average Bonchev–Trinajstić information content (AvgIpc) is 2.39. The Morgan fingerprint density at radius 3 is 2.40 bits per heavy atom. The van der Waals surface area contributed by atoms with Crippen molar-refractivity contribution in [3.63, 3.8) is 0 Å². The van der Waals surface area contributed by atoms with Gasteiger partial charge in [0, 0.05) is 38.9 Å². The van der Waals surface area contributed by atoms with Crippen LogP contribution < -0.4 is 10.6 Å². The van der Waals surface area contributed by atoms with E-state index >= 15 is 0 Å². The van der Waals surface area contributed by atoms with E-state index < -0.39 is 11.7 Å². The van der Waals surface area contributed by atoms with Gasteiger partial charge in [0.2, 0.25) is 0 Å². The van der Waals surface area contributed by atoms with E-state index in [-0.39, 0.29) is 12.3 Å². The number of piperazine rings is 1. The molecular weight excluding hydrogens is 273 g/mol.